The van der Waals surface area contributed by atoms with Gasteiger partial charge in [-0.25, -0.2) is 9.59 Å². The largest absolute Gasteiger partial charge is 0.485 e. The van der Waals surface area contributed by atoms with Crippen LogP contribution in [0.3, 0.4) is 0 Å². The Hall–Kier alpha value is -4.53. The van der Waals surface area contributed by atoms with E-state index in [0.717, 1.165) is 11.1 Å². The van der Waals surface area contributed by atoms with Gasteiger partial charge in [0.15, 0.2) is 11.5 Å². The van der Waals surface area contributed by atoms with E-state index in [0.29, 0.717) is 23.7 Å². The Labute approximate surface area is 253 Å². The number of nitrogens with one attached hydrogen (secondary N) is 1. The lowest BCUT2D eigenvalue weighted by Gasteiger charge is -2.34. The number of amides is 1. The third kappa shape index (κ3) is 10.4. The molecule has 0 bridgehead atoms. The average Bonchev–Trinajstić information content (AvgIpc) is 2.94. The van der Waals surface area contributed by atoms with Crippen LogP contribution in [0.5, 0.6) is 11.5 Å². The van der Waals surface area contributed by atoms with Crippen LogP contribution in [-0.2, 0) is 32.3 Å². The van der Waals surface area contributed by atoms with Crippen molar-refractivity contribution in [1.82, 2.24) is 5.32 Å². The Morgan fingerprint density at radius 2 is 1.35 bits per heavy atom. The van der Waals surface area contributed by atoms with Gasteiger partial charge in [-0.05, 0) is 56.5 Å². The van der Waals surface area contributed by atoms with Gasteiger partial charge in [-0.3, -0.25) is 4.79 Å². The van der Waals surface area contributed by atoms with Crippen molar-refractivity contribution >= 4 is 18.0 Å². The molecule has 2 N–H and O–H groups in total. The maximum Gasteiger partial charge on any atom is 0.408 e. The summed E-state index contributed by atoms with van der Waals surface area (Å²) in [6.07, 6.45) is -1.55. The third-order valence-corrected chi connectivity index (χ3v) is 6.78. The quantitative estimate of drug-likeness (QED) is 0.216. The minimum atomic E-state index is -1.42. The van der Waals surface area contributed by atoms with E-state index in [4.69, 9.17) is 18.9 Å². The van der Waals surface area contributed by atoms with Crippen molar-refractivity contribution in [1.29, 1.82) is 0 Å². The standard InChI is InChI=1S/C34H41NO8/c1-22(23(2)42-24(3)36)30(31(32(37)38)35-33(39)43-34(4,5)6)27-17-18-28(40-20-25-13-9-7-10-14-25)29(19-27)41-21-26-15-11-8-12-16-26/h7-19,22-23,30-31H,20-21H2,1-6H3,(H,35,39)(H,37,38)/t22?,23?,30?,31-/m1/s1. The number of carboxylic acid groups (broad SMARTS) is 1. The van der Waals surface area contributed by atoms with E-state index in [1.807, 2.05) is 60.7 Å². The lowest BCUT2D eigenvalue weighted by Crippen LogP contribution is -2.49. The predicted molar refractivity (Wildman–Crippen MR) is 162 cm³/mol. The van der Waals surface area contributed by atoms with Crippen LogP contribution in [0.4, 0.5) is 4.79 Å². The average molecular weight is 592 g/mol. The minimum Gasteiger partial charge on any atom is -0.485 e. The molecule has 9 heteroatoms. The second kappa shape index (κ2) is 15.1. The first kappa shape index (κ1) is 33.0. The molecule has 230 valence electrons. The van der Waals surface area contributed by atoms with Gasteiger partial charge in [0.2, 0.25) is 0 Å². The summed E-state index contributed by atoms with van der Waals surface area (Å²) in [5, 5.41) is 12.8. The van der Waals surface area contributed by atoms with Crippen LogP contribution in [0.15, 0.2) is 78.9 Å². The van der Waals surface area contributed by atoms with E-state index in [1.54, 1.807) is 52.8 Å². The van der Waals surface area contributed by atoms with Gasteiger partial charge in [-0.1, -0.05) is 73.7 Å². The molecule has 0 spiro atoms. The van der Waals surface area contributed by atoms with E-state index in [1.165, 1.54) is 6.92 Å². The van der Waals surface area contributed by atoms with Crippen LogP contribution in [0.1, 0.15) is 64.2 Å². The second-order valence-corrected chi connectivity index (χ2v) is 11.4. The number of ether oxygens (including phenoxy) is 4. The van der Waals surface area contributed by atoms with Crippen LogP contribution in [-0.4, -0.2) is 40.9 Å². The first-order chi connectivity index (χ1) is 20.3. The fourth-order valence-corrected chi connectivity index (χ4v) is 4.63. The highest BCUT2D eigenvalue weighted by atomic mass is 16.6. The first-order valence-corrected chi connectivity index (χ1v) is 14.2. The summed E-state index contributed by atoms with van der Waals surface area (Å²) in [7, 11) is 0. The monoisotopic (exact) mass is 591 g/mol. The molecule has 3 unspecified atom stereocenters. The number of benzene rings is 3. The lowest BCUT2D eigenvalue weighted by atomic mass is 9.78. The van der Waals surface area contributed by atoms with Crippen molar-refractivity contribution in [3.05, 3.63) is 95.6 Å². The van der Waals surface area contributed by atoms with E-state index in [9.17, 15) is 19.5 Å². The van der Waals surface area contributed by atoms with Gasteiger partial charge in [-0.2, -0.15) is 0 Å². The fourth-order valence-electron chi connectivity index (χ4n) is 4.63. The van der Waals surface area contributed by atoms with Crippen LogP contribution in [0, 0.1) is 5.92 Å². The summed E-state index contributed by atoms with van der Waals surface area (Å²) in [5.74, 6) is -2.29. The zero-order chi connectivity index (χ0) is 31.6. The van der Waals surface area contributed by atoms with Crippen LogP contribution >= 0.6 is 0 Å². The van der Waals surface area contributed by atoms with Gasteiger partial charge in [0, 0.05) is 18.8 Å². The number of carbonyl (C=O) groups excluding carboxylic acids is 2. The molecule has 3 rings (SSSR count). The fraction of sp³-hybridized carbons (Fsp3) is 0.382. The molecule has 0 aromatic heterocycles. The van der Waals surface area contributed by atoms with Gasteiger partial charge >= 0.3 is 18.0 Å². The molecule has 0 fully saturated rings. The molecular formula is C34H41NO8. The zero-order valence-electron chi connectivity index (χ0n) is 25.5. The maximum absolute atomic E-state index is 12.8. The lowest BCUT2D eigenvalue weighted by molar-refractivity contribution is -0.148. The number of esters is 1. The Kier molecular flexibility index (Phi) is 11.6. The highest BCUT2D eigenvalue weighted by Gasteiger charge is 2.39. The Morgan fingerprint density at radius 3 is 1.84 bits per heavy atom. The maximum atomic E-state index is 12.8. The molecule has 0 saturated heterocycles. The summed E-state index contributed by atoms with van der Waals surface area (Å²) in [6, 6.07) is 23.1. The molecule has 1 amide bonds. The first-order valence-electron chi connectivity index (χ1n) is 14.2. The summed E-state index contributed by atoms with van der Waals surface area (Å²) >= 11 is 0. The number of hydrogen-bond acceptors (Lipinski definition) is 7. The smallest absolute Gasteiger partial charge is 0.408 e. The SMILES string of the molecule is CC(=O)OC(C)C(C)C(c1ccc(OCc2ccccc2)c(OCc2ccccc2)c1)[C@@H](NC(=O)OC(C)(C)C)C(=O)O. The molecule has 3 aromatic rings. The third-order valence-electron chi connectivity index (χ3n) is 6.78. The summed E-state index contributed by atoms with van der Waals surface area (Å²) in [5.41, 5.74) is 1.61. The molecule has 0 radical (unpaired) electrons. The molecule has 0 saturated carbocycles. The van der Waals surface area contributed by atoms with Crippen molar-refractivity contribution in [2.24, 2.45) is 5.92 Å². The van der Waals surface area contributed by atoms with E-state index >= 15 is 0 Å². The van der Waals surface area contributed by atoms with Gasteiger partial charge in [0.25, 0.3) is 0 Å². The Bertz CT molecular complexity index is 1350. The summed E-state index contributed by atoms with van der Waals surface area (Å²) in [6.45, 7) is 10.4. The van der Waals surface area contributed by atoms with Crippen LogP contribution in [0.2, 0.25) is 0 Å². The topological polar surface area (TPSA) is 120 Å². The summed E-state index contributed by atoms with van der Waals surface area (Å²) in [4.78, 5) is 37.2. The molecule has 0 heterocycles. The van der Waals surface area contributed by atoms with Gasteiger partial charge in [-0.15, -0.1) is 0 Å². The van der Waals surface area contributed by atoms with Crippen LogP contribution < -0.4 is 14.8 Å². The van der Waals surface area contributed by atoms with Crippen molar-refractivity contribution in [3.63, 3.8) is 0 Å². The van der Waals surface area contributed by atoms with Crippen molar-refractivity contribution < 1.29 is 38.4 Å². The molecular weight excluding hydrogens is 550 g/mol. The molecule has 0 aliphatic heterocycles. The highest BCUT2D eigenvalue weighted by molar-refractivity contribution is 5.81. The van der Waals surface area contributed by atoms with Gasteiger partial charge in [0.1, 0.15) is 31.0 Å². The number of rotatable bonds is 13. The van der Waals surface area contributed by atoms with E-state index in [-0.39, 0.29) is 6.61 Å². The van der Waals surface area contributed by atoms with Crippen molar-refractivity contribution in [2.45, 2.75) is 78.4 Å². The second-order valence-electron chi connectivity index (χ2n) is 11.4. The molecule has 0 aliphatic carbocycles. The highest BCUT2D eigenvalue weighted by Crippen LogP contribution is 2.38. The Morgan fingerprint density at radius 1 is 0.814 bits per heavy atom. The van der Waals surface area contributed by atoms with Gasteiger partial charge in [0.05, 0.1) is 0 Å². The van der Waals surface area contributed by atoms with Crippen molar-refractivity contribution in [2.75, 3.05) is 0 Å². The van der Waals surface area contributed by atoms with Crippen LogP contribution in [0.25, 0.3) is 0 Å². The molecule has 4 atom stereocenters. The van der Waals surface area contributed by atoms with Crippen molar-refractivity contribution in [3.8, 4) is 11.5 Å². The number of alkyl carbamates (subject to hydrolysis) is 1. The normalized spacial score (nSPS) is 14.0. The molecule has 43 heavy (non-hydrogen) atoms. The predicted octanol–water partition coefficient (Wildman–Crippen LogP) is 6.49. The number of hydrogen-bond donors (Lipinski definition) is 2. The van der Waals surface area contributed by atoms with E-state index < -0.39 is 47.6 Å². The summed E-state index contributed by atoms with van der Waals surface area (Å²) < 4.78 is 23.2. The zero-order valence-corrected chi connectivity index (χ0v) is 25.5. The van der Waals surface area contributed by atoms with Gasteiger partial charge < -0.3 is 29.4 Å². The number of carboxylic acids is 1. The molecule has 0 aliphatic rings. The minimum absolute atomic E-state index is 0.245. The molecule has 3 aromatic carbocycles. The number of aliphatic carboxylic acids is 1. The Balaban J connectivity index is 2.04. The number of carbonyl (C=O) groups is 3. The van der Waals surface area contributed by atoms with E-state index in [2.05, 4.69) is 5.32 Å². The molecule has 9 nitrogen and oxygen atoms in total.